The molecule has 0 bridgehead atoms. The smallest absolute Gasteiger partial charge is 0.293 e. The molecule has 0 saturated heterocycles. The van der Waals surface area contributed by atoms with Gasteiger partial charge in [-0.25, -0.2) is 0 Å². The summed E-state index contributed by atoms with van der Waals surface area (Å²) < 4.78 is 4.72. The number of hydrogen-bond acceptors (Lipinski definition) is 5. The molecule has 0 saturated carbocycles. The maximum atomic E-state index is 10.2. The molecule has 5 heteroatoms. The fraction of sp³-hybridized carbons (Fsp3) is 0.312. The molecule has 0 heterocycles. The molecule has 0 N–H and O–H groups in total. The number of aryl methyl sites for hydroxylation is 1. The lowest BCUT2D eigenvalue weighted by Gasteiger charge is -2.23. The highest BCUT2D eigenvalue weighted by Crippen LogP contribution is 2.21. The SMILES string of the molecule is CCN(CCOC=O)c1ccc(C=C(C#N)C#N)c(C)c1. The van der Waals surface area contributed by atoms with E-state index in [0.717, 1.165) is 23.4 Å². The zero-order valence-electron chi connectivity index (χ0n) is 12.2. The second-order valence-electron chi connectivity index (χ2n) is 4.37. The zero-order valence-corrected chi connectivity index (χ0v) is 12.2. The van der Waals surface area contributed by atoms with Gasteiger partial charge in [0.05, 0.1) is 6.54 Å². The molecule has 0 spiro atoms. The Morgan fingerprint density at radius 1 is 1.38 bits per heavy atom. The van der Waals surface area contributed by atoms with Crippen LogP contribution in [0.4, 0.5) is 5.69 Å². The van der Waals surface area contributed by atoms with Crippen LogP contribution in [-0.2, 0) is 9.53 Å². The minimum Gasteiger partial charge on any atom is -0.466 e. The van der Waals surface area contributed by atoms with Crippen LogP contribution < -0.4 is 4.90 Å². The van der Waals surface area contributed by atoms with Crippen LogP contribution in [0.3, 0.4) is 0 Å². The summed E-state index contributed by atoms with van der Waals surface area (Å²) in [6, 6.07) is 9.49. The number of carbonyl (C=O) groups is 1. The molecule has 0 radical (unpaired) electrons. The summed E-state index contributed by atoms with van der Waals surface area (Å²) in [5.41, 5.74) is 2.91. The van der Waals surface area contributed by atoms with Crippen molar-refractivity contribution in [1.82, 2.24) is 0 Å². The Morgan fingerprint density at radius 3 is 2.62 bits per heavy atom. The summed E-state index contributed by atoms with van der Waals surface area (Å²) >= 11 is 0. The Hall–Kier alpha value is -2.79. The van der Waals surface area contributed by atoms with Gasteiger partial charge in [0.1, 0.15) is 24.3 Å². The molecule has 0 aliphatic rings. The maximum Gasteiger partial charge on any atom is 0.293 e. The summed E-state index contributed by atoms with van der Waals surface area (Å²) in [6.45, 7) is 6.14. The van der Waals surface area contributed by atoms with Crippen molar-refractivity contribution >= 4 is 18.2 Å². The molecule has 1 aromatic rings. The molecular weight excluding hydrogens is 266 g/mol. The van der Waals surface area contributed by atoms with Gasteiger partial charge in [-0.1, -0.05) is 6.07 Å². The van der Waals surface area contributed by atoms with Crippen LogP contribution in [0.5, 0.6) is 0 Å². The molecule has 0 amide bonds. The van der Waals surface area contributed by atoms with Crippen LogP contribution in [0.1, 0.15) is 18.1 Å². The summed E-state index contributed by atoms with van der Waals surface area (Å²) in [4.78, 5) is 12.3. The summed E-state index contributed by atoms with van der Waals surface area (Å²) in [5, 5.41) is 17.6. The standard InChI is InChI=1S/C16H17N3O2/c1-3-19(6-7-21-12-20)16-5-4-15(13(2)8-16)9-14(10-17)11-18/h4-5,8-9,12H,3,6-7H2,1-2H3. The number of hydrogen-bond donors (Lipinski definition) is 0. The van der Waals surface area contributed by atoms with E-state index < -0.39 is 0 Å². The van der Waals surface area contributed by atoms with Gasteiger partial charge in [-0.05, 0) is 43.2 Å². The average molecular weight is 283 g/mol. The summed E-state index contributed by atoms with van der Waals surface area (Å²) in [5.74, 6) is 0. The van der Waals surface area contributed by atoms with Crippen molar-refractivity contribution in [3.8, 4) is 12.1 Å². The Balaban J connectivity index is 2.96. The highest BCUT2D eigenvalue weighted by atomic mass is 16.5. The molecular formula is C16H17N3O2. The molecule has 5 nitrogen and oxygen atoms in total. The molecule has 108 valence electrons. The highest BCUT2D eigenvalue weighted by Gasteiger charge is 2.06. The first-order valence-corrected chi connectivity index (χ1v) is 6.59. The van der Waals surface area contributed by atoms with Gasteiger partial charge in [-0.3, -0.25) is 4.79 Å². The largest absolute Gasteiger partial charge is 0.466 e. The minimum atomic E-state index is 0.0811. The van der Waals surface area contributed by atoms with Gasteiger partial charge in [0, 0.05) is 12.2 Å². The Kier molecular flexibility index (Phi) is 6.50. The highest BCUT2D eigenvalue weighted by molar-refractivity contribution is 5.66. The third-order valence-corrected chi connectivity index (χ3v) is 3.09. The van der Waals surface area contributed by atoms with Gasteiger partial charge >= 0.3 is 0 Å². The number of rotatable bonds is 7. The Bertz CT molecular complexity index is 593. The number of benzene rings is 1. The molecule has 0 aliphatic heterocycles. The predicted molar refractivity (Wildman–Crippen MR) is 80.3 cm³/mol. The molecule has 0 aromatic heterocycles. The van der Waals surface area contributed by atoms with Gasteiger partial charge < -0.3 is 9.64 Å². The Labute approximate surface area is 124 Å². The van der Waals surface area contributed by atoms with Crippen LogP contribution in [0.2, 0.25) is 0 Å². The van der Waals surface area contributed by atoms with Gasteiger partial charge in [-0.15, -0.1) is 0 Å². The van der Waals surface area contributed by atoms with Gasteiger partial charge in [-0.2, -0.15) is 10.5 Å². The van der Waals surface area contributed by atoms with Crippen molar-refractivity contribution in [3.05, 3.63) is 34.9 Å². The van der Waals surface area contributed by atoms with Crippen molar-refractivity contribution < 1.29 is 9.53 Å². The minimum absolute atomic E-state index is 0.0811. The van der Waals surface area contributed by atoms with Crippen molar-refractivity contribution in [1.29, 1.82) is 10.5 Å². The fourth-order valence-corrected chi connectivity index (χ4v) is 1.94. The van der Waals surface area contributed by atoms with Crippen LogP contribution in [0.15, 0.2) is 23.8 Å². The second kappa shape index (κ2) is 8.39. The van der Waals surface area contributed by atoms with Gasteiger partial charge in [0.2, 0.25) is 0 Å². The summed E-state index contributed by atoms with van der Waals surface area (Å²) in [6.07, 6.45) is 1.57. The topological polar surface area (TPSA) is 77.1 Å². The van der Waals surface area contributed by atoms with Crippen LogP contribution in [0, 0.1) is 29.6 Å². The van der Waals surface area contributed by atoms with E-state index in [-0.39, 0.29) is 5.57 Å². The molecule has 0 aliphatic carbocycles. The third-order valence-electron chi connectivity index (χ3n) is 3.09. The fourth-order valence-electron chi connectivity index (χ4n) is 1.94. The zero-order chi connectivity index (χ0) is 15.7. The van der Waals surface area contributed by atoms with Crippen molar-refractivity contribution in [2.24, 2.45) is 0 Å². The van der Waals surface area contributed by atoms with Crippen molar-refractivity contribution in [2.75, 3.05) is 24.6 Å². The van der Waals surface area contributed by atoms with E-state index in [1.807, 2.05) is 44.2 Å². The quantitative estimate of drug-likeness (QED) is 0.436. The van der Waals surface area contributed by atoms with Crippen molar-refractivity contribution in [3.63, 3.8) is 0 Å². The molecule has 21 heavy (non-hydrogen) atoms. The number of nitriles is 2. The third kappa shape index (κ3) is 4.67. The number of likely N-dealkylation sites (N-methyl/N-ethyl adjacent to an activating group) is 1. The second-order valence-corrected chi connectivity index (χ2v) is 4.37. The predicted octanol–water partition coefficient (Wildman–Crippen LogP) is 2.42. The van der Waals surface area contributed by atoms with Crippen LogP contribution in [0.25, 0.3) is 6.08 Å². The van der Waals surface area contributed by atoms with E-state index >= 15 is 0 Å². The van der Waals surface area contributed by atoms with Crippen LogP contribution >= 0.6 is 0 Å². The normalized spacial score (nSPS) is 9.14. The molecule has 1 rings (SSSR count). The van der Waals surface area contributed by atoms with Gasteiger partial charge in [0.25, 0.3) is 6.47 Å². The van der Waals surface area contributed by atoms with E-state index in [9.17, 15) is 4.79 Å². The first-order valence-electron chi connectivity index (χ1n) is 6.59. The monoisotopic (exact) mass is 283 g/mol. The first kappa shape index (κ1) is 16.3. The lowest BCUT2D eigenvalue weighted by molar-refractivity contribution is -0.128. The van der Waals surface area contributed by atoms with E-state index in [1.165, 1.54) is 0 Å². The molecule has 0 fully saturated rings. The Morgan fingerprint density at radius 2 is 2.10 bits per heavy atom. The van der Waals surface area contributed by atoms with Crippen LogP contribution in [-0.4, -0.2) is 26.2 Å². The lowest BCUT2D eigenvalue weighted by Crippen LogP contribution is -2.27. The van der Waals surface area contributed by atoms with E-state index in [4.69, 9.17) is 15.3 Å². The molecule has 1 aromatic carbocycles. The number of ether oxygens (including phenoxy) is 1. The average Bonchev–Trinajstić information content (AvgIpc) is 2.50. The lowest BCUT2D eigenvalue weighted by atomic mass is 10.0. The van der Waals surface area contributed by atoms with E-state index in [2.05, 4.69) is 4.90 Å². The number of anilines is 1. The first-order chi connectivity index (χ1) is 10.2. The molecule has 0 unspecified atom stereocenters. The molecule has 0 atom stereocenters. The summed E-state index contributed by atoms with van der Waals surface area (Å²) in [7, 11) is 0. The number of carbonyl (C=O) groups excluding carboxylic acids is 1. The van der Waals surface area contributed by atoms with Gasteiger partial charge in [0.15, 0.2) is 0 Å². The number of allylic oxidation sites excluding steroid dienone is 1. The maximum absolute atomic E-state index is 10.2. The van der Waals surface area contributed by atoms with E-state index in [0.29, 0.717) is 19.6 Å². The van der Waals surface area contributed by atoms with Crippen molar-refractivity contribution in [2.45, 2.75) is 13.8 Å². The van der Waals surface area contributed by atoms with E-state index in [1.54, 1.807) is 6.08 Å². The number of nitrogens with zero attached hydrogens (tertiary/aromatic N) is 3.